The molecule has 0 aliphatic carbocycles. The van der Waals surface area contributed by atoms with E-state index in [9.17, 15) is 18.0 Å². The van der Waals surface area contributed by atoms with Gasteiger partial charge in [0.2, 0.25) is 15.9 Å². The van der Waals surface area contributed by atoms with Crippen LogP contribution < -0.4 is 10.0 Å². The fraction of sp³-hybridized carbons (Fsp3) is 0.333. The van der Waals surface area contributed by atoms with Gasteiger partial charge in [-0.05, 0) is 31.2 Å². The summed E-state index contributed by atoms with van der Waals surface area (Å²) in [5.74, 6) is -0.557. The first-order valence-electron chi connectivity index (χ1n) is 9.69. The number of carbonyl (C=O) groups is 2. The lowest BCUT2D eigenvalue weighted by molar-refractivity contribution is -0.116. The Kier molecular flexibility index (Phi) is 7.20. The molecule has 0 radical (unpaired) electrons. The lowest BCUT2D eigenvalue weighted by Crippen LogP contribution is -2.41. The number of rotatable bonds is 7. The van der Waals surface area contributed by atoms with Crippen LogP contribution in [0.15, 0.2) is 53.4 Å². The maximum Gasteiger partial charge on any atom is 0.256 e. The Hall–Kier alpha value is -2.75. The summed E-state index contributed by atoms with van der Waals surface area (Å²) < 4.78 is 32.3. The van der Waals surface area contributed by atoms with Crippen molar-refractivity contribution in [3.63, 3.8) is 0 Å². The van der Waals surface area contributed by atoms with Gasteiger partial charge in [0.15, 0.2) is 0 Å². The summed E-state index contributed by atoms with van der Waals surface area (Å²) in [4.78, 5) is 26.9. The third-order valence-corrected chi connectivity index (χ3v) is 6.18. The first-order valence-corrected chi connectivity index (χ1v) is 11.2. The molecule has 0 unspecified atom stereocenters. The van der Waals surface area contributed by atoms with Gasteiger partial charge in [0.05, 0.1) is 29.4 Å². The largest absolute Gasteiger partial charge is 0.378 e. The normalized spacial score (nSPS) is 14.4. The number of hydrogen-bond acceptors (Lipinski definition) is 5. The van der Waals surface area contributed by atoms with Crippen molar-refractivity contribution in [2.24, 2.45) is 0 Å². The number of para-hydroxylation sites is 1. The summed E-state index contributed by atoms with van der Waals surface area (Å²) in [7, 11) is -3.68. The minimum Gasteiger partial charge on any atom is -0.378 e. The Labute approximate surface area is 176 Å². The van der Waals surface area contributed by atoms with Crippen LogP contribution in [0, 0.1) is 6.92 Å². The highest BCUT2D eigenvalue weighted by Crippen LogP contribution is 2.18. The maximum absolute atomic E-state index is 12.8. The standard InChI is InChI=1S/C21H25N3O5S/c1-16-6-8-17(9-7-16)30(27,28)22-11-10-20(25)23-19-5-3-2-4-18(19)21(26)24-12-14-29-15-13-24/h2-9,22H,10-15H2,1H3,(H,23,25). The molecule has 160 valence electrons. The lowest BCUT2D eigenvalue weighted by atomic mass is 10.1. The van der Waals surface area contributed by atoms with E-state index in [1.165, 1.54) is 12.1 Å². The number of amides is 2. The van der Waals surface area contributed by atoms with Crippen molar-refractivity contribution >= 4 is 27.5 Å². The Morgan fingerprint density at radius 2 is 1.70 bits per heavy atom. The van der Waals surface area contributed by atoms with Crippen LogP contribution in [0.4, 0.5) is 5.69 Å². The summed E-state index contributed by atoms with van der Waals surface area (Å²) in [5, 5.41) is 2.71. The molecule has 0 atom stereocenters. The zero-order chi connectivity index (χ0) is 21.6. The van der Waals surface area contributed by atoms with Gasteiger partial charge < -0.3 is 15.0 Å². The van der Waals surface area contributed by atoms with Crippen LogP contribution in [0.3, 0.4) is 0 Å². The molecule has 0 saturated carbocycles. The molecular formula is C21H25N3O5S. The van der Waals surface area contributed by atoms with Gasteiger partial charge >= 0.3 is 0 Å². The molecule has 2 aromatic carbocycles. The molecular weight excluding hydrogens is 406 g/mol. The number of nitrogens with zero attached hydrogens (tertiary/aromatic N) is 1. The van der Waals surface area contributed by atoms with Gasteiger partial charge in [0, 0.05) is 26.1 Å². The van der Waals surface area contributed by atoms with Crippen molar-refractivity contribution < 1.29 is 22.7 Å². The van der Waals surface area contributed by atoms with Gasteiger partial charge in [-0.2, -0.15) is 0 Å². The van der Waals surface area contributed by atoms with Gasteiger partial charge in [0.25, 0.3) is 5.91 Å². The van der Waals surface area contributed by atoms with Crippen LogP contribution in [0.1, 0.15) is 22.3 Å². The average molecular weight is 432 g/mol. The first-order chi connectivity index (χ1) is 14.4. The number of benzene rings is 2. The van der Waals surface area contributed by atoms with E-state index < -0.39 is 10.0 Å². The smallest absolute Gasteiger partial charge is 0.256 e. The number of morpholine rings is 1. The van der Waals surface area contributed by atoms with E-state index >= 15 is 0 Å². The van der Waals surface area contributed by atoms with E-state index in [2.05, 4.69) is 10.0 Å². The van der Waals surface area contributed by atoms with Crippen LogP contribution in [0.25, 0.3) is 0 Å². The topological polar surface area (TPSA) is 105 Å². The molecule has 0 bridgehead atoms. The predicted molar refractivity (Wildman–Crippen MR) is 113 cm³/mol. The molecule has 2 aromatic rings. The number of ether oxygens (including phenoxy) is 1. The molecule has 1 fully saturated rings. The highest BCUT2D eigenvalue weighted by molar-refractivity contribution is 7.89. The van der Waals surface area contributed by atoms with Gasteiger partial charge in [-0.25, -0.2) is 13.1 Å². The number of sulfonamides is 1. The molecule has 3 rings (SSSR count). The van der Waals surface area contributed by atoms with E-state index in [-0.39, 0.29) is 29.7 Å². The minimum absolute atomic E-state index is 0.0539. The second-order valence-corrected chi connectivity index (χ2v) is 8.73. The summed E-state index contributed by atoms with van der Waals surface area (Å²) >= 11 is 0. The van der Waals surface area contributed by atoms with Crippen LogP contribution in [-0.2, 0) is 19.6 Å². The van der Waals surface area contributed by atoms with Crippen LogP contribution in [0.5, 0.6) is 0 Å². The lowest BCUT2D eigenvalue weighted by Gasteiger charge is -2.27. The van der Waals surface area contributed by atoms with E-state index in [0.29, 0.717) is 37.6 Å². The first kappa shape index (κ1) is 21.9. The third-order valence-electron chi connectivity index (χ3n) is 4.71. The molecule has 8 nitrogen and oxygen atoms in total. The summed E-state index contributed by atoms with van der Waals surface area (Å²) in [6.07, 6.45) is -0.0643. The number of aryl methyl sites for hydroxylation is 1. The summed E-state index contributed by atoms with van der Waals surface area (Å²) in [6, 6.07) is 13.2. The van der Waals surface area contributed by atoms with E-state index in [0.717, 1.165) is 5.56 Å². The molecule has 30 heavy (non-hydrogen) atoms. The molecule has 0 aromatic heterocycles. The van der Waals surface area contributed by atoms with Crippen LogP contribution >= 0.6 is 0 Å². The Morgan fingerprint density at radius 3 is 2.40 bits per heavy atom. The number of carbonyl (C=O) groups excluding carboxylic acids is 2. The van der Waals surface area contributed by atoms with Crippen molar-refractivity contribution in [2.75, 3.05) is 38.2 Å². The third kappa shape index (κ3) is 5.65. The Balaban J connectivity index is 1.57. The Bertz CT molecular complexity index is 1000. The van der Waals surface area contributed by atoms with E-state index in [1.807, 2.05) is 6.92 Å². The highest BCUT2D eigenvalue weighted by Gasteiger charge is 2.21. The molecule has 0 spiro atoms. The fourth-order valence-corrected chi connectivity index (χ4v) is 4.06. The molecule has 1 aliphatic rings. The Morgan fingerprint density at radius 1 is 1.03 bits per heavy atom. The van der Waals surface area contributed by atoms with Crippen molar-refractivity contribution in [3.05, 3.63) is 59.7 Å². The van der Waals surface area contributed by atoms with E-state index in [1.54, 1.807) is 41.3 Å². The maximum atomic E-state index is 12.8. The van der Waals surface area contributed by atoms with Crippen molar-refractivity contribution in [3.8, 4) is 0 Å². The van der Waals surface area contributed by atoms with Gasteiger partial charge in [-0.3, -0.25) is 9.59 Å². The number of nitrogens with one attached hydrogen (secondary N) is 2. The summed E-state index contributed by atoms with van der Waals surface area (Å²) in [5.41, 5.74) is 1.76. The number of anilines is 1. The molecule has 2 N–H and O–H groups in total. The fourth-order valence-electron chi connectivity index (χ4n) is 3.03. The molecule has 1 aliphatic heterocycles. The van der Waals surface area contributed by atoms with Crippen LogP contribution in [-0.4, -0.2) is 58.0 Å². The second kappa shape index (κ2) is 9.84. The molecule has 1 heterocycles. The number of hydrogen-bond donors (Lipinski definition) is 2. The van der Waals surface area contributed by atoms with Crippen molar-refractivity contribution in [1.82, 2.24) is 9.62 Å². The summed E-state index contributed by atoms with van der Waals surface area (Å²) in [6.45, 7) is 3.80. The van der Waals surface area contributed by atoms with Gasteiger partial charge in [-0.1, -0.05) is 29.8 Å². The van der Waals surface area contributed by atoms with Crippen LogP contribution in [0.2, 0.25) is 0 Å². The highest BCUT2D eigenvalue weighted by atomic mass is 32.2. The predicted octanol–water partition coefficient (Wildman–Crippen LogP) is 1.77. The second-order valence-electron chi connectivity index (χ2n) is 6.96. The van der Waals surface area contributed by atoms with Gasteiger partial charge in [-0.15, -0.1) is 0 Å². The van der Waals surface area contributed by atoms with Gasteiger partial charge in [0.1, 0.15) is 0 Å². The molecule has 1 saturated heterocycles. The minimum atomic E-state index is -3.68. The average Bonchev–Trinajstić information content (AvgIpc) is 2.74. The zero-order valence-corrected chi connectivity index (χ0v) is 17.6. The van der Waals surface area contributed by atoms with Crippen molar-refractivity contribution in [1.29, 1.82) is 0 Å². The van der Waals surface area contributed by atoms with E-state index in [4.69, 9.17) is 4.74 Å². The zero-order valence-electron chi connectivity index (χ0n) is 16.8. The quantitative estimate of drug-likeness (QED) is 0.695. The SMILES string of the molecule is Cc1ccc(S(=O)(=O)NCCC(=O)Nc2ccccc2C(=O)N2CCOCC2)cc1. The van der Waals surface area contributed by atoms with Crippen molar-refractivity contribution in [2.45, 2.75) is 18.2 Å². The monoisotopic (exact) mass is 431 g/mol. The molecule has 2 amide bonds. The molecule has 9 heteroatoms.